The van der Waals surface area contributed by atoms with E-state index in [-0.39, 0.29) is 17.6 Å². The highest BCUT2D eigenvalue weighted by atomic mass is 19.1. The number of hydrogen-bond donors (Lipinski definition) is 1. The fraction of sp³-hybridized carbons (Fsp3) is 0.136. The molecule has 0 fully saturated rings. The molecule has 0 radical (unpaired) electrons. The molecule has 0 bridgehead atoms. The fourth-order valence-corrected chi connectivity index (χ4v) is 2.90. The van der Waals surface area contributed by atoms with Crippen molar-refractivity contribution in [3.05, 3.63) is 82.8 Å². The van der Waals surface area contributed by atoms with E-state index in [0.717, 1.165) is 17.5 Å². The number of nitrogens with zero attached hydrogens (tertiary/aromatic N) is 1. The first-order valence-corrected chi connectivity index (χ1v) is 8.70. The van der Waals surface area contributed by atoms with Gasteiger partial charge in [0.25, 0.3) is 11.8 Å². The Morgan fingerprint density at radius 2 is 1.70 bits per heavy atom. The van der Waals surface area contributed by atoms with Crippen molar-refractivity contribution < 1.29 is 14.0 Å². The predicted octanol–water partition coefficient (Wildman–Crippen LogP) is 4.54. The molecule has 0 unspecified atom stereocenters. The van der Waals surface area contributed by atoms with Crippen molar-refractivity contribution >= 4 is 28.8 Å². The lowest BCUT2D eigenvalue weighted by Gasteiger charge is -2.05. The summed E-state index contributed by atoms with van der Waals surface area (Å²) in [5, 5.41) is 3.20. The Kier molecular flexibility index (Phi) is 5.41. The summed E-state index contributed by atoms with van der Waals surface area (Å²) >= 11 is 0. The van der Waals surface area contributed by atoms with Gasteiger partial charge in [-0.15, -0.1) is 0 Å². The van der Waals surface area contributed by atoms with Gasteiger partial charge in [0.1, 0.15) is 5.82 Å². The van der Waals surface area contributed by atoms with Gasteiger partial charge in [-0.2, -0.15) is 0 Å². The van der Waals surface area contributed by atoms with E-state index in [9.17, 15) is 14.0 Å². The van der Waals surface area contributed by atoms with Crippen LogP contribution >= 0.6 is 0 Å². The Morgan fingerprint density at radius 3 is 2.30 bits per heavy atom. The zero-order valence-electron chi connectivity index (χ0n) is 15.1. The summed E-state index contributed by atoms with van der Waals surface area (Å²) in [7, 11) is 0. The second-order valence-electron chi connectivity index (χ2n) is 6.05. The van der Waals surface area contributed by atoms with E-state index in [4.69, 9.17) is 0 Å². The van der Waals surface area contributed by atoms with Crippen LogP contribution in [-0.4, -0.2) is 16.8 Å². The molecule has 3 aromatic rings. The molecular weight excluding hydrogens is 343 g/mol. The molecule has 136 valence electrons. The monoisotopic (exact) mass is 362 g/mol. The highest BCUT2D eigenvalue weighted by Gasteiger charge is 2.25. The number of rotatable bonds is 2. The van der Waals surface area contributed by atoms with Crippen LogP contribution in [0.2, 0.25) is 0 Å². The van der Waals surface area contributed by atoms with E-state index in [2.05, 4.69) is 23.3 Å². The number of amides is 2. The molecule has 0 spiro atoms. The van der Waals surface area contributed by atoms with Crippen LogP contribution in [0.4, 0.5) is 4.39 Å². The van der Waals surface area contributed by atoms with Crippen LogP contribution < -0.4 is 5.32 Å². The van der Waals surface area contributed by atoms with Crippen LogP contribution in [0, 0.1) is 5.82 Å². The van der Waals surface area contributed by atoms with Gasteiger partial charge >= 0.3 is 0 Å². The summed E-state index contributed by atoms with van der Waals surface area (Å²) in [6.45, 7) is 4.05. The molecular formula is C22H19FN2O2. The first-order chi connectivity index (χ1) is 13.0. The minimum atomic E-state index is -0.300. The lowest BCUT2D eigenvalue weighted by Crippen LogP contribution is -2.19. The van der Waals surface area contributed by atoms with Crippen LogP contribution in [0.15, 0.2) is 54.6 Å². The largest absolute Gasteiger partial charge is 0.288 e. The van der Waals surface area contributed by atoms with Crippen molar-refractivity contribution in [2.24, 2.45) is 0 Å². The molecule has 0 atom stereocenters. The Balaban J connectivity index is 0.000000166. The third-order valence-electron chi connectivity index (χ3n) is 4.24. The van der Waals surface area contributed by atoms with Crippen molar-refractivity contribution in [1.82, 2.24) is 10.3 Å². The van der Waals surface area contributed by atoms with E-state index in [1.165, 1.54) is 17.7 Å². The summed E-state index contributed by atoms with van der Waals surface area (Å²) in [6.07, 6.45) is 4.84. The van der Waals surface area contributed by atoms with Crippen molar-refractivity contribution in [2.45, 2.75) is 20.3 Å². The summed E-state index contributed by atoms with van der Waals surface area (Å²) in [6, 6.07) is 13.5. The number of pyridine rings is 1. The Labute approximate surface area is 156 Å². The topological polar surface area (TPSA) is 59.1 Å². The number of nitrogens with one attached hydrogen (secondary N) is 1. The normalized spacial score (nSPS) is 12.7. The summed E-state index contributed by atoms with van der Waals surface area (Å²) < 4.78 is 13.1. The highest BCUT2D eigenvalue weighted by Crippen LogP contribution is 2.19. The van der Waals surface area contributed by atoms with Crippen LogP contribution in [0.25, 0.3) is 17.0 Å². The number of imide groups is 1. The van der Waals surface area contributed by atoms with Gasteiger partial charge in [0.2, 0.25) is 0 Å². The second kappa shape index (κ2) is 7.91. The number of aromatic nitrogens is 1. The first kappa shape index (κ1) is 18.5. The summed E-state index contributed by atoms with van der Waals surface area (Å²) in [4.78, 5) is 26.4. The molecule has 2 aromatic carbocycles. The van der Waals surface area contributed by atoms with E-state index < -0.39 is 0 Å². The average molecular weight is 362 g/mol. The minimum Gasteiger partial charge on any atom is -0.288 e. The van der Waals surface area contributed by atoms with Gasteiger partial charge in [0.15, 0.2) is 0 Å². The van der Waals surface area contributed by atoms with Gasteiger partial charge in [0, 0.05) is 11.5 Å². The van der Waals surface area contributed by atoms with Gasteiger partial charge in [-0.1, -0.05) is 25.1 Å². The maximum atomic E-state index is 13.1. The molecule has 1 N–H and O–H groups in total. The molecule has 5 heteroatoms. The molecule has 4 nitrogen and oxygen atoms in total. The predicted molar refractivity (Wildman–Crippen MR) is 104 cm³/mol. The third kappa shape index (κ3) is 3.92. The third-order valence-corrected chi connectivity index (χ3v) is 4.24. The van der Waals surface area contributed by atoms with Gasteiger partial charge in [-0.05, 0) is 55.3 Å². The molecule has 0 saturated heterocycles. The van der Waals surface area contributed by atoms with Crippen LogP contribution in [0.5, 0.6) is 0 Å². The van der Waals surface area contributed by atoms with Gasteiger partial charge in [-0.3, -0.25) is 14.9 Å². The van der Waals surface area contributed by atoms with Crippen LogP contribution in [0.3, 0.4) is 0 Å². The Morgan fingerprint density at radius 1 is 1.04 bits per heavy atom. The minimum absolute atomic E-state index is 0.240. The maximum Gasteiger partial charge on any atom is 0.258 e. The quantitative estimate of drug-likeness (QED) is 0.681. The number of carbonyl (C=O) groups excluding carboxylic acids is 2. The number of allylic oxidation sites excluding steroid dienone is 1. The van der Waals surface area contributed by atoms with Crippen LogP contribution in [-0.2, 0) is 6.42 Å². The SMILES string of the molecule is C/C=C/c1nc2cc(F)ccc2cc1CC.O=C1NC(=O)c2ccccc21. The lowest BCUT2D eigenvalue weighted by molar-refractivity contribution is 0.0879. The summed E-state index contributed by atoms with van der Waals surface area (Å²) in [5.74, 6) is -0.841. The van der Waals surface area contributed by atoms with E-state index in [0.29, 0.717) is 16.6 Å². The molecule has 2 heterocycles. The Hall–Kier alpha value is -3.34. The molecule has 1 aliphatic heterocycles. The van der Waals surface area contributed by atoms with Crippen LogP contribution in [0.1, 0.15) is 45.8 Å². The standard InChI is InChI=1S/C14H14FN.C8H5NO2/c1-3-5-13-10(4-2)8-11-6-7-12(15)9-14(11)16-13;10-7-5-3-1-2-4-6(5)8(11)9-7/h3,5-9H,4H2,1-2H3;1-4H,(H,9,10,11)/b5-3+;. The molecule has 4 rings (SSSR count). The molecule has 27 heavy (non-hydrogen) atoms. The molecule has 1 aromatic heterocycles. The molecule has 0 saturated carbocycles. The second-order valence-corrected chi connectivity index (χ2v) is 6.05. The van der Waals surface area contributed by atoms with Gasteiger partial charge in [0.05, 0.1) is 22.3 Å². The Bertz CT molecular complexity index is 1020. The van der Waals surface area contributed by atoms with Gasteiger partial charge in [-0.25, -0.2) is 9.37 Å². The highest BCUT2D eigenvalue weighted by molar-refractivity contribution is 6.21. The number of benzene rings is 2. The number of halogens is 1. The number of hydrogen-bond acceptors (Lipinski definition) is 3. The fourth-order valence-electron chi connectivity index (χ4n) is 2.90. The van der Waals surface area contributed by atoms with E-state index in [1.54, 1.807) is 30.3 Å². The van der Waals surface area contributed by atoms with E-state index >= 15 is 0 Å². The molecule has 2 amide bonds. The maximum absolute atomic E-state index is 13.1. The van der Waals surface area contributed by atoms with E-state index in [1.807, 2.05) is 19.1 Å². The summed E-state index contributed by atoms with van der Waals surface area (Å²) in [5.41, 5.74) is 3.78. The zero-order valence-corrected chi connectivity index (χ0v) is 15.1. The molecule has 1 aliphatic rings. The smallest absolute Gasteiger partial charge is 0.258 e. The lowest BCUT2D eigenvalue weighted by atomic mass is 10.1. The van der Waals surface area contributed by atoms with Crippen molar-refractivity contribution in [2.75, 3.05) is 0 Å². The first-order valence-electron chi connectivity index (χ1n) is 8.70. The number of carbonyl (C=O) groups is 2. The average Bonchev–Trinajstić information content (AvgIpc) is 2.96. The number of aryl methyl sites for hydroxylation is 1. The van der Waals surface area contributed by atoms with Crippen molar-refractivity contribution in [3.63, 3.8) is 0 Å². The zero-order chi connectivity index (χ0) is 19.4. The van der Waals surface area contributed by atoms with Crippen molar-refractivity contribution in [3.8, 4) is 0 Å². The van der Waals surface area contributed by atoms with Crippen molar-refractivity contribution in [1.29, 1.82) is 0 Å². The number of fused-ring (bicyclic) bond motifs is 2. The molecule has 0 aliphatic carbocycles. The van der Waals surface area contributed by atoms with Gasteiger partial charge < -0.3 is 0 Å².